The number of benzene rings is 4. The van der Waals surface area contributed by atoms with E-state index >= 15 is 0 Å². The van der Waals surface area contributed by atoms with Gasteiger partial charge in [0, 0.05) is 29.4 Å². The number of fused-ring (bicyclic) bond motifs is 1. The molecule has 44 heavy (non-hydrogen) atoms. The zero-order valence-electron chi connectivity index (χ0n) is 26.5. The Morgan fingerprint density at radius 1 is 0.795 bits per heavy atom. The lowest BCUT2D eigenvalue weighted by molar-refractivity contribution is -0.117. The zero-order valence-corrected chi connectivity index (χ0v) is 26.5. The maximum absolute atomic E-state index is 14.0. The largest absolute Gasteiger partial charge is 0.456 e. The van der Waals surface area contributed by atoms with Crippen LogP contribution in [0.5, 0.6) is 0 Å². The minimum atomic E-state index is -0.633. The Hall–Kier alpha value is -4.84. The fourth-order valence-electron chi connectivity index (χ4n) is 5.09. The molecule has 6 nitrogen and oxygen atoms in total. The molecule has 0 aliphatic rings. The summed E-state index contributed by atoms with van der Waals surface area (Å²) < 4.78 is 11.5. The molecule has 6 heteroatoms. The summed E-state index contributed by atoms with van der Waals surface area (Å²) >= 11 is 0. The molecule has 226 valence electrons. The van der Waals surface area contributed by atoms with E-state index < -0.39 is 11.6 Å². The number of carbonyl (C=O) groups is 2. The third kappa shape index (κ3) is 7.03. The molecule has 1 N–H and O–H groups in total. The summed E-state index contributed by atoms with van der Waals surface area (Å²) in [6.45, 7) is 12.0. The molecule has 4 aromatic carbocycles. The van der Waals surface area contributed by atoms with E-state index in [1.165, 1.54) is 5.56 Å². The van der Waals surface area contributed by atoms with Crippen LogP contribution in [0.4, 0.5) is 11.4 Å². The van der Waals surface area contributed by atoms with Crippen LogP contribution in [-0.4, -0.2) is 24.5 Å². The second-order valence-electron chi connectivity index (χ2n) is 13.1. The standard InChI is InChI=1S/C38H40N2O4/c1-37(2,3)29-18-12-26(13-19-29)34(40(7)31-22-16-27(17-23-31)36(42)44-38(4,5)6)35(41)39-30-20-14-25(15-21-30)33-24-28-10-8-9-11-32(28)43-33/h8-24,34H,1-7H3,(H,39,41). The van der Waals surface area contributed by atoms with Crippen LogP contribution < -0.4 is 10.2 Å². The molecule has 0 bridgehead atoms. The SMILES string of the molecule is CN(c1ccc(C(=O)OC(C)(C)C)cc1)C(C(=O)Nc1ccc(-c2cc3ccccc3o2)cc1)c1ccc(C(C)(C)C)cc1. The summed E-state index contributed by atoms with van der Waals surface area (Å²) in [7, 11) is 1.88. The first-order valence-electron chi connectivity index (χ1n) is 14.8. The molecular weight excluding hydrogens is 548 g/mol. The van der Waals surface area contributed by atoms with Gasteiger partial charge in [-0.05, 0) is 98.0 Å². The monoisotopic (exact) mass is 588 g/mol. The highest BCUT2D eigenvalue weighted by Crippen LogP contribution is 2.32. The first-order valence-corrected chi connectivity index (χ1v) is 14.8. The number of ether oxygens (including phenoxy) is 1. The zero-order chi connectivity index (χ0) is 31.6. The first-order chi connectivity index (χ1) is 20.8. The van der Waals surface area contributed by atoms with Crippen molar-refractivity contribution in [3.8, 4) is 11.3 Å². The van der Waals surface area contributed by atoms with Crippen LogP contribution in [0.3, 0.4) is 0 Å². The highest BCUT2D eigenvalue weighted by atomic mass is 16.6. The molecule has 0 fully saturated rings. The van der Waals surface area contributed by atoms with Gasteiger partial charge in [0.2, 0.25) is 0 Å². The molecule has 5 aromatic rings. The molecule has 1 atom stereocenters. The average molecular weight is 589 g/mol. The molecule has 0 spiro atoms. The third-order valence-electron chi connectivity index (χ3n) is 7.50. The first kappa shape index (κ1) is 30.6. The number of likely N-dealkylation sites (N-methyl/N-ethyl adjacent to an activating group) is 1. The van der Waals surface area contributed by atoms with Gasteiger partial charge in [-0.25, -0.2) is 4.79 Å². The number of furan rings is 1. The van der Waals surface area contributed by atoms with Crippen LogP contribution in [0.1, 0.15) is 69.1 Å². The predicted molar refractivity (Wildman–Crippen MR) is 178 cm³/mol. The lowest BCUT2D eigenvalue weighted by Crippen LogP contribution is -2.35. The Kier molecular flexibility index (Phi) is 8.38. The van der Waals surface area contributed by atoms with Crippen molar-refractivity contribution in [1.29, 1.82) is 0 Å². The Morgan fingerprint density at radius 2 is 1.43 bits per heavy atom. The van der Waals surface area contributed by atoms with Crippen LogP contribution in [-0.2, 0) is 14.9 Å². The minimum Gasteiger partial charge on any atom is -0.456 e. The molecular formula is C38H40N2O4. The Balaban J connectivity index is 1.40. The van der Waals surface area contributed by atoms with Gasteiger partial charge in [-0.3, -0.25) is 4.79 Å². The number of anilines is 2. The molecule has 1 amide bonds. The van der Waals surface area contributed by atoms with Gasteiger partial charge in [-0.2, -0.15) is 0 Å². The highest BCUT2D eigenvalue weighted by molar-refractivity contribution is 5.98. The number of rotatable bonds is 7. The summed E-state index contributed by atoms with van der Waals surface area (Å²) in [4.78, 5) is 28.5. The lowest BCUT2D eigenvalue weighted by Gasteiger charge is -2.30. The van der Waals surface area contributed by atoms with Gasteiger partial charge in [0.1, 0.15) is 23.0 Å². The van der Waals surface area contributed by atoms with E-state index in [-0.39, 0.29) is 17.3 Å². The average Bonchev–Trinajstić information content (AvgIpc) is 3.41. The van der Waals surface area contributed by atoms with Crippen LogP contribution in [0, 0.1) is 0 Å². The van der Waals surface area contributed by atoms with Crippen LogP contribution in [0.15, 0.2) is 108 Å². The van der Waals surface area contributed by atoms with Crippen LogP contribution >= 0.6 is 0 Å². The number of hydrogen-bond donors (Lipinski definition) is 1. The van der Waals surface area contributed by atoms with Crippen molar-refractivity contribution in [2.45, 2.75) is 58.6 Å². The predicted octanol–water partition coefficient (Wildman–Crippen LogP) is 9.17. The smallest absolute Gasteiger partial charge is 0.338 e. The van der Waals surface area contributed by atoms with Gasteiger partial charge in [0.15, 0.2) is 0 Å². The van der Waals surface area contributed by atoms with Gasteiger partial charge >= 0.3 is 5.97 Å². The Bertz CT molecular complexity index is 1720. The van der Waals surface area contributed by atoms with Gasteiger partial charge < -0.3 is 19.4 Å². The topological polar surface area (TPSA) is 71.8 Å². The van der Waals surface area contributed by atoms with E-state index in [1.54, 1.807) is 12.1 Å². The summed E-state index contributed by atoms with van der Waals surface area (Å²) in [5.74, 6) is 0.212. The number of amides is 1. The number of nitrogens with one attached hydrogen (secondary N) is 1. The van der Waals surface area contributed by atoms with E-state index in [9.17, 15) is 9.59 Å². The molecule has 0 saturated carbocycles. The van der Waals surface area contributed by atoms with E-state index in [2.05, 4.69) is 38.2 Å². The highest BCUT2D eigenvalue weighted by Gasteiger charge is 2.27. The Morgan fingerprint density at radius 3 is 2.02 bits per heavy atom. The van der Waals surface area contributed by atoms with Crippen LogP contribution in [0.25, 0.3) is 22.3 Å². The van der Waals surface area contributed by atoms with Crippen molar-refractivity contribution in [1.82, 2.24) is 0 Å². The van der Waals surface area contributed by atoms with E-state index in [4.69, 9.17) is 9.15 Å². The summed E-state index contributed by atoms with van der Waals surface area (Å²) in [5.41, 5.74) is 5.13. The molecule has 0 saturated heterocycles. The van der Waals surface area contributed by atoms with Crippen molar-refractivity contribution < 1.29 is 18.7 Å². The summed E-state index contributed by atoms with van der Waals surface area (Å²) in [5, 5.41) is 4.16. The molecule has 0 aliphatic heterocycles. The van der Waals surface area contributed by atoms with E-state index in [1.807, 2.05) is 112 Å². The van der Waals surface area contributed by atoms with Crippen molar-refractivity contribution in [3.05, 3.63) is 120 Å². The molecule has 1 aromatic heterocycles. The molecule has 0 radical (unpaired) electrons. The lowest BCUT2D eigenvalue weighted by atomic mass is 9.86. The van der Waals surface area contributed by atoms with Gasteiger partial charge in [-0.1, -0.05) is 63.2 Å². The molecule has 1 heterocycles. The maximum atomic E-state index is 14.0. The number of hydrogen-bond acceptors (Lipinski definition) is 5. The fourth-order valence-corrected chi connectivity index (χ4v) is 5.09. The second kappa shape index (κ2) is 12.0. The minimum absolute atomic E-state index is 0.0126. The summed E-state index contributed by atoms with van der Waals surface area (Å²) in [6.07, 6.45) is 0. The number of esters is 1. The van der Waals surface area contributed by atoms with Gasteiger partial charge in [-0.15, -0.1) is 0 Å². The van der Waals surface area contributed by atoms with Crippen LogP contribution in [0.2, 0.25) is 0 Å². The quantitative estimate of drug-likeness (QED) is 0.192. The van der Waals surface area contributed by atoms with Crippen molar-refractivity contribution in [3.63, 3.8) is 0 Å². The second-order valence-corrected chi connectivity index (χ2v) is 13.1. The maximum Gasteiger partial charge on any atom is 0.338 e. The van der Waals surface area contributed by atoms with Gasteiger partial charge in [0.25, 0.3) is 5.91 Å². The summed E-state index contributed by atoms with van der Waals surface area (Å²) in [6, 6.07) is 32.3. The fraction of sp³-hybridized carbons (Fsp3) is 0.263. The number of carbonyl (C=O) groups excluding carboxylic acids is 2. The number of nitrogens with zero attached hydrogens (tertiary/aromatic N) is 1. The van der Waals surface area contributed by atoms with Gasteiger partial charge in [0.05, 0.1) is 5.56 Å². The van der Waals surface area contributed by atoms with Crippen molar-refractivity contribution >= 4 is 34.2 Å². The molecule has 0 aliphatic carbocycles. The molecule has 5 rings (SSSR count). The van der Waals surface area contributed by atoms with E-state index in [0.717, 1.165) is 33.5 Å². The van der Waals surface area contributed by atoms with E-state index in [0.29, 0.717) is 11.3 Å². The van der Waals surface area contributed by atoms with Crippen molar-refractivity contribution in [2.24, 2.45) is 0 Å². The van der Waals surface area contributed by atoms with Crippen molar-refractivity contribution in [2.75, 3.05) is 17.3 Å². The Labute approximate surface area is 259 Å². The normalized spacial score (nSPS) is 12.5. The molecule has 1 unspecified atom stereocenters. The number of para-hydroxylation sites is 1. The third-order valence-corrected chi connectivity index (χ3v) is 7.50.